The van der Waals surface area contributed by atoms with Crippen molar-refractivity contribution in [1.82, 2.24) is 4.90 Å². The fourth-order valence-corrected chi connectivity index (χ4v) is 5.11. The molecule has 0 radical (unpaired) electrons. The van der Waals surface area contributed by atoms with Gasteiger partial charge >= 0.3 is 5.97 Å². The lowest BCUT2D eigenvalue weighted by Crippen LogP contribution is -2.51. The van der Waals surface area contributed by atoms with Gasteiger partial charge in [0.2, 0.25) is 11.8 Å². The lowest BCUT2D eigenvalue weighted by Gasteiger charge is -2.35. The molecule has 2 atom stereocenters. The molecule has 0 aromatic carbocycles. The third-order valence-electron chi connectivity index (χ3n) is 6.15. The first kappa shape index (κ1) is 25.0. The summed E-state index contributed by atoms with van der Waals surface area (Å²) in [6.45, 7) is 8.66. The number of aromatic carboxylic acids is 1. The third kappa shape index (κ3) is 6.05. The molecule has 0 saturated carbocycles. The fourth-order valence-electron chi connectivity index (χ4n) is 4.26. The van der Waals surface area contributed by atoms with E-state index in [1.807, 2.05) is 20.8 Å². The lowest BCUT2D eigenvalue weighted by atomic mass is 9.88. The number of anilines is 1. The summed E-state index contributed by atoms with van der Waals surface area (Å²) in [5.74, 6) is 4.55. The molecule has 1 aromatic rings. The first-order chi connectivity index (χ1) is 15.5. The van der Waals surface area contributed by atoms with Crippen LogP contribution in [0, 0.1) is 23.2 Å². The van der Waals surface area contributed by atoms with Crippen molar-refractivity contribution in [3.8, 4) is 11.8 Å². The van der Waals surface area contributed by atoms with E-state index in [0.29, 0.717) is 36.4 Å². The van der Waals surface area contributed by atoms with Gasteiger partial charge in [-0.05, 0) is 72.3 Å². The summed E-state index contributed by atoms with van der Waals surface area (Å²) in [5, 5.41) is 9.97. The van der Waals surface area contributed by atoms with E-state index in [0.717, 1.165) is 30.6 Å². The van der Waals surface area contributed by atoms with Gasteiger partial charge in [-0.1, -0.05) is 23.5 Å². The second kappa shape index (κ2) is 10.1. The number of nitrogens with zero attached hydrogens (tertiary/aromatic N) is 2. The van der Waals surface area contributed by atoms with E-state index in [1.54, 1.807) is 18.0 Å². The van der Waals surface area contributed by atoms with Gasteiger partial charge in [0.15, 0.2) is 0 Å². The van der Waals surface area contributed by atoms with Crippen LogP contribution in [-0.2, 0) is 9.59 Å². The number of hydrogen-bond donors (Lipinski definition) is 1. The predicted molar refractivity (Wildman–Crippen MR) is 131 cm³/mol. The molecule has 6 nitrogen and oxygen atoms in total. The van der Waals surface area contributed by atoms with Gasteiger partial charge in [0, 0.05) is 24.9 Å². The minimum Gasteiger partial charge on any atom is -0.477 e. The highest BCUT2D eigenvalue weighted by Crippen LogP contribution is 2.36. The van der Waals surface area contributed by atoms with Crippen molar-refractivity contribution in [3.05, 3.63) is 27.5 Å². The highest BCUT2D eigenvalue weighted by molar-refractivity contribution is 7.15. The van der Waals surface area contributed by atoms with E-state index in [2.05, 4.69) is 24.8 Å². The molecule has 3 rings (SSSR count). The van der Waals surface area contributed by atoms with Crippen LogP contribution in [0.4, 0.5) is 5.69 Å². The molecule has 1 saturated heterocycles. The number of carboxylic acids is 1. The molecule has 1 fully saturated rings. The molecule has 2 aliphatic rings. The van der Waals surface area contributed by atoms with Crippen molar-refractivity contribution < 1.29 is 19.5 Å². The zero-order chi connectivity index (χ0) is 24.3. The number of carboxylic acid groups (broad SMARTS) is 1. The van der Waals surface area contributed by atoms with Crippen molar-refractivity contribution >= 4 is 34.8 Å². The number of hydrogen-bond acceptors (Lipinski definition) is 4. The number of allylic oxidation sites excluding steroid dienone is 2. The Balaban J connectivity index is 2.11. The number of likely N-dealkylation sites (tertiary alicyclic amines) is 1. The van der Waals surface area contributed by atoms with Crippen LogP contribution < -0.4 is 4.90 Å². The minimum atomic E-state index is -1.11. The Morgan fingerprint density at radius 3 is 2.58 bits per heavy atom. The van der Waals surface area contributed by atoms with Gasteiger partial charge in [0.05, 0.1) is 10.6 Å². The van der Waals surface area contributed by atoms with Gasteiger partial charge in [0.25, 0.3) is 0 Å². The maximum Gasteiger partial charge on any atom is 0.348 e. The summed E-state index contributed by atoms with van der Waals surface area (Å²) in [6, 6.07) is 0.987. The van der Waals surface area contributed by atoms with Gasteiger partial charge in [0.1, 0.15) is 10.9 Å². The maximum absolute atomic E-state index is 13.9. The average Bonchev–Trinajstić information content (AvgIpc) is 3.10. The van der Waals surface area contributed by atoms with E-state index in [1.165, 1.54) is 10.5 Å². The summed E-state index contributed by atoms with van der Waals surface area (Å²) < 4.78 is 0. The zero-order valence-corrected chi connectivity index (χ0v) is 21.1. The molecule has 2 amide bonds. The average molecular weight is 471 g/mol. The summed E-state index contributed by atoms with van der Waals surface area (Å²) in [7, 11) is 1.75. The van der Waals surface area contributed by atoms with Crippen LogP contribution >= 0.6 is 11.3 Å². The molecule has 1 aromatic heterocycles. The van der Waals surface area contributed by atoms with Crippen molar-refractivity contribution in [2.75, 3.05) is 18.5 Å². The number of amides is 2. The van der Waals surface area contributed by atoms with Gasteiger partial charge in [-0.15, -0.1) is 11.3 Å². The molecule has 1 N–H and O–H groups in total. The van der Waals surface area contributed by atoms with E-state index in [9.17, 15) is 19.5 Å². The molecule has 1 aliphatic carbocycles. The first-order valence-corrected chi connectivity index (χ1v) is 12.4. The monoisotopic (exact) mass is 470 g/mol. The molecule has 7 heteroatoms. The predicted octanol–water partition coefficient (Wildman–Crippen LogP) is 4.93. The van der Waals surface area contributed by atoms with Crippen molar-refractivity contribution in [3.63, 3.8) is 0 Å². The van der Waals surface area contributed by atoms with Crippen molar-refractivity contribution in [1.29, 1.82) is 0 Å². The fraction of sp³-hybridized carbons (Fsp3) is 0.577. The molecule has 2 heterocycles. The third-order valence-corrected chi connectivity index (χ3v) is 7.17. The Labute approximate surface area is 200 Å². The highest BCUT2D eigenvalue weighted by atomic mass is 32.1. The Morgan fingerprint density at radius 1 is 1.24 bits per heavy atom. The zero-order valence-electron chi connectivity index (χ0n) is 20.2. The SMILES string of the molecule is CC1=CCC(C(=O)N(c2cc(C#CC(C)(C)C)sc2C(=O)O)[C@H]2CCCCN(C)C2=O)CC1. The van der Waals surface area contributed by atoms with Gasteiger partial charge in [-0.25, -0.2) is 4.79 Å². The van der Waals surface area contributed by atoms with Crippen LogP contribution in [0.15, 0.2) is 17.7 Å². The molecule has 0 spiro atoms. The minimum absolute atomic E-state index is 0.0591. The second-order valence-electron chi connectivity index (χ2n) is 10.1. The number of likely N-dealkylation sites (N-methyl/N-ethyl adjacent to an activating group) is 1. The summed E-state index contributed by atoms with van der Waals surface area (Å²) in [6.07, 6.45) is 6.42. The number of thiophene rings is 1. The molecular formula is C26H34N2O4S. The molecular weight excluding hydrogens is 436 g/mol. The van der Waals surface area contributed by atoms with E-state index in [-0.39, 0.29) is 28.0 Å². The highest BCUT2D eigenvalue weighted by Gasteiger charge is 2.39. The number of carbonyl (C=O) groups excluding carboxylic acids is 2. The normalized spacial score (nSPS) is 21.5. The largest absolute Gasteiger partial charge is 0.477 e. The Bertz CT molecular complexity index is 1020. The van der Waals surface area contributed by atoms with Crippen LogP contribution in [0.2, 0.25) is 0 Å². The summed E-state index contributed by atoms with van der Waals surface area (Å²) in [5.41, 5.74) is 1.32. The van der Waals surface area contributed by atoms with Crippen LogP contribution in [0.5, 0.6) is 0 Å². The lowest BCUT2D eigenvalue weighted by molar-refractivity contribution is -0.133. The Hall–Kier alpha value is -2.59. The van der Waals surface area contributed by atoms with Gasteiger partial charge in [-0.3, -0.25) is 14.5 Å². The molecule has 1 unspecified atom stereocenters. The standard InChI is InChI=1S/C26H34N2O4S/c1-17-9-11-18(12-10-17)23(29)28(20-8-6-7-15-27(5)24(20)30)21-16-19(13-14-26(2,3)4)33-22(21)25(31)32/h9,16,18,20H,6-8,10-12,15H2,1-5H3,(H,31,32)/t18?,20-/m0/s1. The number of carbonyl (C=O) groups is 3. The van der Waals surface area contributed by atoms with E-state index >= 15 is 0 Å². The quantitative estimate of drug-likeness (QED) is 0.500. The molecule has 33 heavy (non-hydrogen) atoms. The number of rotatable bonds is 4. The molecule has 0 bridgehead atoms. The van der Waals surface area contributed by atoms with Crippen LogP contribution in [0.3, 0.4) is 0 Å². The summed E-state index contributed by atoms with van der Waals surface area (Å²) >= 11 is 1.07. The van der Waals surface area contributed by atoms with Crippen LogP contribution in [-0.4, -0.2) is 47.4 Å². The first-order valence-electron chi connectivity index (χ1n) is 11.6. The van der Waals surface area contributed by atoms with Crippen LogP contribution in [0.25, 0.3) is 0 Å². The molecule has 178 valence electrons. The van der Waals surface area contributed by atoms with Gasteiger partial charge < -0.3 is 10.0 Å². The van der Waals surface area contributed by atoms with E-state index < -0.39 is 12.0 Å². The maximum atomic E-state index is 13.9. The second-order valence-corrected chi connectivity index (χ2v) is 11.2. The Kier molecular flexibility index (Phi) is 7.69. The Morgan fingerprint density at radius 2 is 1.97 bits per heavy atom. The van der Waals surface area contributed by atoms with Crippen molar-refractivity contribution in [2.24, 2.45) is 11.3 Å². The molecule has 1 aliphatic heterocycles. The van der Waals surface area contributed by atoms with Crippen LogP contribution in [0.1, 0.15) is 80.8 Å². The topological polar surface area (TPSA) is 77.9 Å². The van der Waals surface area contributed by atoms with Gasteiger partial charge in [-0.2, -0.15) is 0 Å². The smallest absolute Gasteiger partial charge is 0.348 e. The van der Waals surface area contributed by atoms with Crippen molar-refractivity contribution in [2.45, 2.75) is 72.3 Å². The van der Waals surface area contributed by atoms with E-state index in [4.69, 9.17) is 0 Å². The summed E-state index contributed by atoms with van der Waals surface area (Å²) in [4.78, 5) is 43.2.